The number of aryl methyl sites for hydroxylation is 1. The van der Waals surface area contributed by atoms with Gasteiger partial charge in [-0.3, -0.25) is 9.89 Å². The molecule has 0 fully saturated rings. The molecule has 0 atom stereocenters. The van der Waals surface area contributed by atoms with Gasteiger partial charge in [0.2, 0.25) is 5.95 Å². The second-order valence-corrected chi connectivity index (χ2v) is 9.29. The average molecular weight is 487 g/mol. The normalized spacial score (nSPS) is 13.5. The average Bonchev–Trinajstić information content (AvgIpc) is 3.15. The number of halogens is 1. The quantitative estimate of drug-likeness (QED) is 0.446. The molecule has 1 aliphatic heterocycles. The van der Waals surface area contributed by atoms with Crippen molar-refractivity contribution < 1.29 is 14.3 Å². The van der Waals surface area contributed by atoms with Crippen molar-refractivity contribution in [2.24, 2.45) is 4.99 Å². The van der Waals surface area contributed by atoms with E-state index in [-0.39, 0.29) is 5.95 Å². The molecule has 0 radical (unpaired) electrons. The number of amides is 1. The van der Waals surface area contributed by atoms with Gasteiger partial charge in [0.15, 0.2) is 0 Å². The summed E-state index contributed by atoms with van der Waals surface area (Å²) in [7, 11) is 1.71. The molecule has 0 unspecified atom stereocenters. The van der Waals surface area contributed by atoms with Crippen LogP contribution in [-0.4, -0.2) is 53.0 Å². The lowest BCUT2D eigenvalue weighted by Gasteiger charge is -2.24. The summed E-state index contributed by atoms with van der Waals surface area (Å²) in [5, 5.41) is 3.69. The zero-order chi connectivity index (χ0) is 24.9. The molecule has 9 nitrogen and oxygen atoms in total. The van der Waals surface area contributed by atoms with Crippen LogP contribution in [0.1, 0.15) is 37.6 Å². The fourth-order valence-corrected chi connectivity index (χ4v) is 3.83. The number of carbonyl (C=O) groups is 1. The molecule has 1 aliphatic rings. The Morgan fingerprint density at radius 1 is 1.32 bits per heavy atom. The number of nitrogen functional groups attached to an aromatic ring is 1. The summed E-state index contributed by atoms with van der Waals surface area (Å²) < 4.78 is 11.6. The first-order valence-electron chi connectivity index (χ1n) is 11.0. The van der Waals surface area contributed by atoms with E-state index in [1.54, 1.807) is 36.5 Å². The van der Waals surface area contributed by atoms with E-state index in [2.05, 4.69) is 20.3 Å². The maximum atomic E-state index is 12.7. The van der Waals surface area contributed by atoms with E-state index in [0.29, 0.717) is 48.4 Å². The Morgan fingerprint density at radius 3 is 2.79 bits per heavy atom. The third-order valence-electron chi connectivity index (χ3n) is 4.91. The van der Waals surface area contributed by atoms with E-state index in [0.717, 1.165) is 16.7 Å². The monoisotopic (exact) mass is 486 g/mol. The van der Waals surface area contributed by atoms with Gasteiger partial charge in [0.25, 0.3) is 0 Å². The van der Waals surface area contributed by atoms with Crippen molar-refractivity contribution in [2.75, 3.05) is 25.9 Å². The van der Waals surface area contributed by atoms with E-state index in [1.807, 2.05) is 33.8 Å². The van der Waals surface area contributed by atoms with Crippen molar-refractivity contribution in [2.45, 2.75) is 46.4 Å². The molecule has 0 spiro atoms. The first kappa shape index (κ1) is 25.3. The number of fused-ring (bicyclic) bond motifs is 1. The Balaban J connectivity index is 1.89. The molecule has 1 amide bonds. The van der Waals surface area contributed by atoms with Gasteiger partial charge in [-0.1, -0.05) is 11.6 Å². The highest BCUT2D eigenvalue weighted by Gasteiger charge is 2.32. The number of nitrogens with zero attached hydrogens (tertiary/aromatic N) is 4. The number of aliphatic imine (C=N–C) groups is 1. The molecule has 2 heterocycles. The van der Waals surface area contributed by atoms with Crippen LogP contribution in [-0.2, 0) is 17.8 Å². The SMILES string of the molecule is C/N=C\C=C/NCCOc1cc(Cl)cc(C)c1-c1nc(N)nc2c1CN(C(=O)OC(C)(C)C)C2. The van der Waals surface area contributed by atoms with Gasteiger partial charge in [-0.25, -0.2) is 14.8 Å². The molecule has 0 aliphatic carbocycles. The summed E-state index contributed by atoms with van der Waals surface area (Å²) in [5.74, 6) is 0.714. The maximum Gasteiger partial charge on any atom is 0.410 e. The summed E-state index contributed by atoms with van der Waals surface area (Å²) >= 11 is 6.33. The first-order valence-corrected chi connectivity index (χ1v) is 11.3. The fraction of sp³-hybridized carbons (Fsp3) is 0.417. The molecule has 3 N–H and O–H groups in total. The zero-order valence-corrected chi connectivity index (χ0v) is 20.9. The van der Waals surface area contributed by atoms with Crippen LogP contribution in [0.25, 0.3) is 11.3 Å². The highest BCUT2D eigenvalue weighted by atomic mass is 35.5. The van der Waals surface area contributed by atoms with Crippen LogP contribution in [0.3, 0.4) is 0 Å². The van der Waals surface area contributed by atoms with Crippen molar-refractivity contribution in [3.63, 3.8) is 0 Å². The second kappa shape index (κ2) is 10.7. The number of hydrogen-bond acceptors (Lipinski definition) is 8. The van der Waals surface area contributed by atoms with Crippen molar-refractivity contribution in [1.82, 2.24) is 20.2 Å². The van der Waals surface area contributed by atoms with Crippen LogP contribution in [0.2, 0.25) is 5.02 Å². The van der Waals surface area contributed by atoms with Crippen LogP contribution in [0.4, 0.5) is 10.7 Å². The van der Waals surface area contributed by atoms with E-state index in [9.17, 15) is 4.79 Å². The number of nitrogens with one attached hydrogen (secondary N) is 1. The Hall–Kier alpha value is -3.33. The van der Waals surface area contributed by atoms with Gasteiger partial charge >= 0.3 is 6.09 Å². The number of ether oxygens (including phenoxy) is 2. The number of nitrogens with two attached hydrogens (primary N) is 1. The number of aromatic nitrogens is 2. The smallest absolute Gasteiger partial charge is 0.410 e. The van der Waals surface area contributed by atoms with Gasteiger partial charge in [-0.2, -0.15) is 0 Å². The number of carbonyl (C=O) groups excluding carboxylic acids is 1. The highest BCUT2D eigenvalue weighted by molar-refractivity contribution is 6.31. The number of benzene rings is 1. The van der Waals surface area contributed by atoms with Crippen LogP contribution in [0.5, 0.6) is 5.75 Å². The molecular weight excluding hydrogens is 456 g/mol. The Bertz CT molecular complexity index is 1110. The number of rotatable bonds is 7. The van der Waals surface area contributed by atoms with Gasteiger partial charge in [-0.05, 0) is 57.7 Å². The number of hydrogen-bond donors (Lipinski definition) is 2. The zero-order valence-electron chi connectivity index (χ0n) is 20.2. The Morgan fingerprint density at radius 2 is 2.09 bits per heavy atom. The molecule has 1 aromatic heterocycles. The minimum atomic E-state index is -0.597. The topological polar surface area (TPSA) is 115 Å². The van der Waals surface area contributed by atoms with E-state index in [1.165, 1.54) is 0 Å². The maximum absolute atomic E-state index is 12.7. The summed E-state index contributed by atoms with van der Waals surface area (Å²) in [5.41, 5.74) is 9.24. The molecule has 10 heteroatoms. The largest absolute Gasteiger partial charge is 0.491 e. The Kier molecular flexibility index (Phi) is 7.98. The Labute approximate surface area is 205 Å². The third-order valence-corrected chi connectivity index (χ3v) is 5.12. The lowest BCUT2D eigenvalue weighted by Crippen LogP contribution is -2.33. The lowest BCUT2D eigenvalue weighted by molar-refractivity contribution is 0.0241. The van der Waals surface area contributed by atoms with Crippen molar-refractivity contribution in [1.29, 1.82) is 0 Å². The van der Waals surface area contributed by atoms with Gasteiger partial charge in [-0.15, -0.1) is 0 Å². The van der Waals surface area contributed by atoms with Crippen LogP contribution < -0.4 is 15.8 Å². The van der Waals surface area contributed by atoms with Gasteiger partial charge in [0.05, 0.1) is 24.5 Å². The summed E-state index contributed by atoms with van der Waals surface area (Å²) in [4.78, 5) is 27.1. The van der Waals surface area contributed by atoms with Gasteiger partial charge in [0.1, 0.15) is 18.0 Å². The summed E-state index contributed by atoms with van der Waals surface area (Å²) in [6, 6.07) is 3.61. The summed E-state index contributed by atoms with van der Waals surface area (Å²) in [6.07, 6.45) is 4.88. The van der Waals surface area contributed by atoms with Crippen molar-refractivity contribution >= 4 is 29.9 Å². The van der Waals surface area contributed by atoms with Crippen molar-refractivity contribution in [3.8, 4) is 17.0 Å². The van der Waals surface area contributed by atoms with E-state index >= 15 is 0 Å². The van der Waals surface area contributed by atoms with Crippen LogP contribution in [0, 0.1) is 6.92 Å². The standard InChI is InChI=1S/C24H31ClN6O3/c1-15-11-16(25)12-19(33-10-9-28-8-6-7-27-5)20(15)21-17-13-31(23(32)34-24(2,3)4)14-18(17)29-22(26)30-21/h6-8,11-12,28H,9-10,13-14H2,1-5H3,(H2,26,29,30)/b8-6-,27-7-. The molecular formula is C24H31ClN6O3. The molecule has 0 saturated heterocycles. The van der Waals surface area contributed by atoms with E-state index < -0.39 is 11.7 Å². The molecule has 3 rings (SSSR count). The lowest BCUT2D eigenvalue weighted by atomic mass is 10.00. The second-order valence-electron chi connectivity index (χ2n) is 8.86. The predicted octanol–water partition coefficient (Wildman–Crippen LogP) is 4.12. The highest BCUT2D eigenvalue weighted by Crippen LogP contribution is 2.40. The molecule has 1 aromatic carbocycles. The molecule has 2 aromatic rings. The van der Waals surface area contributed by atoms with E-state index in [4.69, 9.17) is 26.8 Å². The first-order chi connectivity index (χ1) is 16.1. The summed E-state index contributed by atoms with van der Waals surface area (Å²) in [6.45, 7) is 9.02. The fourth-order valence-electron chi connectivity index (χ4n) is 3.57. The van der Waals surface area contributed by atoms with Gasteiger partial charge in [0, 0.05) is 36.0 Å². The van der Waals surface area contributed by atoms with Crippen LogP contribution in [0.15, 0.2) is 29.4 Å². The minimum absolute atomic E-state index is 0.129. The van der Waals surface area contributed by atoms with Crippen molar-refractivity contribution in [3.05, 3.63) is 46.3 Å². The molecule has 182 valence electrons. The number of allylic oxidation sites excluding steroid dienone is 1. The predicted molar refractivity (Wildman–Crippen MR) is 134 cm³/mol. The third kappa shape index (κ3) is 6.38. The molecule has 0 bridgehead atoms. The van der Waals surface area contributed by atoms with Crippen LogP contribution >= 0.6 is 11.6 Å². The molecule has 0 saturated carbocycles. The minimum Gasteiger partial charge on any atom is -0.491 e. The van der Waals surface area contributed by atoms with Gasteiger partial charge < -0.3 is 20.5 Å². The number of anilines is 1. The molecule has 34 heavy (non-hydrogen) atoms.